The smallest absolute Gasteiger partial charge is 0.174 e. The SMILES string of the molecule is C=NN(C)C(=C(C)C)c1ccc2nccc(N(c3ccc(F)cc3F)c3ncccc3F)c2c1. The predicted octanol–water partition coefficient (Wildman–Crippen LogP) is 6.82. The monoisotopic (exact) mass is 461 g/mol. The number of pyridine rings is 2. The lowest BCUT2D eigenvalue weighted by Gasteiger charge is -2.26. The number of fused-ring (bicyclic) bond motifs is 1. The van der Waals surface area contributed by atoms with Crippen LogP contribution in [0.5, 0.6) is 0 Å². The molecule has 0 saturated carbocycles. The average molecular weight is 461 g/mol. The molecule has 8 heteroatoms. The third-order valence-corrected chi connectivity index (χ3v) is 5.34. The molecule has 0 amide bonds. The van der Waals surface area contributed by atoms with Gasteiger partial charge in [0.15, 0.2) is 11.6 Å². The molecule has 0 bridgehead atoms. The van der Waals surface area contributed by atoms with E-state index in [0.29, 0.717) is 16.6 Å². The number of halogens is 3. The van der Waals surface area contributed by atoms with Crippen molar-refractivity contribution in [1.29, 1.82) is 0 Å². The molecule has 0 aliphatic carbocycles. The van der Waals surface area contributed by atoms with Gasteiger partial charge >= 0.3 is 0 Å². The molecule has 0 spiro atoms. The maximum atomic E-state index is 15.0. The summed E-state index contributed by atoms with van der Waals surface area (Å²) in [5, 5.41) is 6.28. The summed E-state index contributed by atoms with van der Waals surface area (Å²) in [6, 6.07) is 13.0. The van der Waals surface area contributed by atoms with Gasteiger partial charge in [0.2, 0.25) is 0 Å². The van der Waals surface area contributed by atoms with Gasteiger partial charge in [0, 0.05) is 43.2 Å². The molecular weight excluding hydrogens is 439 g/mol. The lowest BCUT2D eigenvalue weighted by atomic mass is 10.0. The standard InChI is InChI=1S/C26H22F3N5/c1-16(2)25(33(4)30-3)17-7-9-22-19(14-17)23(11-13-31-22)34(26-20(28)6-5-12-32-26)24-10-8-18(27)15-21(24)29/h5-15H,3H2,1-2,4H3. The van der Waals surface area contributed by atoms with E-state index < -0.39 is 17.5 Å². The first-order valence-corrected chi connectivity index (χ1v) is 10.4. The van der Waals surface area contributed by atoms with Gasteiger partial charge < -0.3 is 0 Å². The fourth-order valence-corrected chi connectivity index (χ4v) is 3.91. The van der Waals surface area contributed by atoms with Gasteiger partial charge in [-0.3, -0.25) is 14.9 Å². The number of hydrogen-bond acceptors (Lipinski definition) is 5. The van der Waals surface area contributed by atoms with E-state index in [1.54, 1.807) is 24.3 Å². The molecule has 4 rings (SSSR count). The number of benzene rings is 2. The molecule has 34 heavy (non-hydrogen) atoms. The van der Waals surface area contributed by atoms with Crippen LogP contribution in [0.3, 0.4) is 0 Å². The number of rotatable bonds is 6. The van der Waals surface area contributed by atoms with E-state index in [1.165, 1.54) is 29.3 Å². The van der Waals surface area contributed by atoms with Crippen LogP contribution in [0.25, 0.3) is 16.6 Å². The molecule has 0 atom stereocenters. The van der Waals surface area contributed by atoms with E-state index in [1.807, 2.05) is 32.0 Å². The molecule has 4 aromatic rings. The van der Waals surface area contributed by atoms with Crippen LogP contribution in [0.2, 0.25) is 0 Å². The van der Waals surface area contributed by atoms with Crippen molar-refractivity contribution >= 4 is 40.5 Å². The Balaban J connectivity index is 2.04. The maximum Gasteiger partial charge on any atom is 0.174 e. The van der Waals surface area contributed by atoms with E-state index in [-0.39, 0.29) is 11.5 Å². The van der Waals surface area contributed by atoms with Crippen LogP contribution in [0, 0.1) is 17.5 Å². The van der Waals surface area contributed by atoms with Gasteiger partial charge in [-0.2, -0.15) is 5.10 Å². The molecule has 172 valence electrons. The molecule has 0 aliphatic heterocycles. The van der Waals surface area contributed by atoms with Gasteiger partial charge in [0.1, 0.15) is 11.6 Å². The topological polar surface area (TPSA) is 44.6 Å². The van der Waals surface area contributed by atoms with Crippen LogP contribution in [-0.4, -0.2) is 28.7 Å². The highest BCUT2D eigenvalue weighted by Gasteiger charge is 2.23. The Bertz CT molecular complexity index is 1410. The molecule has 2 aromatic heterocycles. The Morgan fingerprint density at radius 3 is 2.35 bits per heavy atom. The van der Waals surface area contributed by atoms with Crippen LogP contribution in [0.4, 0.5) is 30.4 Å². The van der Waals surface area contributed by atoms with Crippen molar-refractivity contribution in [2.75, 3.05) is 11.9 Å². The molecule has 0 saturated heterocycles. The van der Waals surface area contributed by atoms with Crippen molar-refractivity contribution < 1.29 is 13.2 Å². The Morgan fingerprint density at radius 2 is 1.68 bits per heavy atom. The number of hydrazone groups is 1. The highest BCUT2D eigenvalue weighted by molar-refractivity contribution is 5.98. The lowest BCUT2D eigenvalue weighted by molar-refractivity contribution is 0.518. The zero-order valence-corrected chi connectivity index (χ0v) is 18.9. The van der Waals surface area contributed by atoms with Crippen molar-refractivity contribution in [1.82, 2.24) is 15.0 Å². The summed E-state index contributed by atoms with van der Waals surface area (Å²) < 4.78 is 43.6. The first-order chi connectivity index (χ1) is 16.3. The first kappa shape index (κ1) is 23.0. The van der Waals surface area contributed by atoms with E-state index >= 15 is 0 Å². The van der Waals surface area contributed by atoms with Gasteiger partial charge in [0.05, 0.1) is 22.6 Å². The minimum atomic E-state index is -0.855. The van der Waals surface area contributed by atoms with Crippen molar-refractivity contribution in [2.45, 2.75) is 13.8 Å². The third kappa shape index (κ3) is 4.22. The van der Waals surface area contributed by atoms with Gasteiger partial charge in [-0.15, -0.1) is 0 Å². The molecule has 2 heterocycles. The van der Waals surface area contributed by atoms with E-state index in [0.717, 1.165) is 29.0 Å². The Labute approximate surface area is 195 Å². The van der Waals surface area contributed by atoms with E-state index in [2.05, 4.69) is 21.8 Å². The number of nitrogens with zero attached hydrogens (tertiary/aromatic N) is 5. The van der Waals surface area contributed by atoms with Crippen molar-refractivity contribution in [3.05, 3.63) is 95.6 Å². The van der Waals surface area contributed by atoms with E-state index in [4.69, 9.17) is 0 Å². The Morgan fingerprint density at radius 1 is 0.882 bits per heavy atom. The molecule has 0 fully saturated rings. The Kier molecular flexibility index (Phi) is 6.32. The molecule has 0 aliphatic rings. The fourth-order valence-electron chi connectivity index (χ4n) is 3.91. The van der Waals surface area contributed by atoms with Crippen molar-refractivity contribution in [3.63, 3.8) is 0 Å². The second-order valence-electron chi connectivity index (χ2n) is 7.82. The molecule has 5 nitrogen and oxygen atoms in total. The zero-order chi connectivity index (χ0) is 24.4. The maximum absolute atomic E-state index is 15.0. The van der Waals surface area contributed by atoms with Crippen LogP contribution in [0.15, 0.2) is 77.7 Å². The summed E-state index contributed by atoms with van der Waals surface area (Å²) >= 11 is 0. The number of allylic oxidation sites excluding steroid dienone is 1. The summed E-state index contributed by atoms with van der Waals surface area (Å²) in [7, 11) is 1.78. The largest absolute Gasteiger partial charge is 0.289 e. The van der Waals surface area contributed by atoms with Crippen LogP contribution in [-0.2, 0) is 0 Å². The lowest BCUT2D eigenvalue weighted by Crippen LogP contribution is -2.16. The summed E-state index contributed by atoms with van der Waals surface area (Å²) in [6.07, 6.45) is 2.96. The van der Waals surface area contributed by atoms with Gasteiger partial charge in [-0.1, -0.05) is 11.6 Å². The van der Waals surface area contributed by atoms with Crippen molar-refractivity contribution in [2.24, 2.45) is 5.10 Å². The second-order valence-corrected chi connectivity index (χ2v) is 7.82. The normalized spacial score (nSPS) is 10.8. The quantitative estimate of drug-likeness (QED) is 0.234. The second kappa shape index (κ2) is 9.35. The molecule has 0 N–H and O–H groups in total. The summed E-state index contributed by atoms with van der Waals surface area (Å²) in [5.74, 6) is -2.38. The third-order valence-electron chi connectivity index (χ3n) is 5.34. The van der Waals surface area contributed by atoms with Crippen LogP contribution in [0.1, 0.15) is 19.4 Å². The molecular formula is C26H22F3N5. The fraction of sp³-hybridized carbons (Fsp3) is 0.115. The predicted molar refractivity (Wildman–Crippen MR) is 130 cm³/mol. The van der Waals surface area contributed by atoms with Gasteiger partial charge in [-0.25, -0.2) is 18.2 Å². The molecule has 0 unspecified atom stereocenters. The van der Waals surface area contributed by atoms with Gasteiger partial charge in [-0.05, 0) is 56.3 Å². The van der Waals surface area contributed by atoms with E-state index in [9.17, 15) is 13.2 Å². The van der Waals surface area contributed by atoms with Crippen LogP contribution >= 0.6 is 0 Å². The number of aromatic nitrogens is 2. The summed E-state index contributed by atoms with van der Waals surface area (Å²) in [4.78, 5) is 9.91. The van der Waals surface area contributed by atoms with Crippen molar-refractivity contribution in [3.8, 4) is 0 Å². The highest BCUT2D eigenvalue weighted by Crippen LogP contribution is 2.40. The first-order valence-electron chi connectivity index (χ1n) is 10.4. The summed E-state index contributed by atoms with van der Waals surface area (Å²) in [5.41, 5.74) is 3.62. The summed E-state index contributed by atoms with van der Waals surface area (Å²) in [6.45, 7) is 7.51. The number of hydrogen-bond donors (Lipinski definition) is 0. The minimum Gasteiger partial charge on any atom is -0.289 e. The average Bonchev–Trinajstić information content (AvgIpc) is 2.81. The number of anilines is 3. The highest BCUT2D eigenvalue weighted by atomic mass is 19.1. The molecule has 2 aromatic carbocycles. The van der Waals surface area contributed by atoms with Crippen LogP contribution < -0.4 is 4.90 Å². The Hall–Kier alpha value is -4.20. The molecule has 0 radical (unpaired) electrons. The zero-order valence-electron chi connectivity index (χ0n) is 18.9. The minimum absolute atomic E-state index is 0.0517. The van der Waals surface area contributed by atoms with Gasteiger partial charge in [0.25, 0.3) is 0 Å².